The van der Waals surface area contributed by atoms with Crippen LogP contribution in [0.2, 0.25) is 0 Å². The molecule has 0 atom stereocenters. The van der Waals surface area contributed by atoms with Gasteiger partial charge in [-0.05, 0) is 24.6 Å². The quantitative estimate of drug-likeness (QED) is 0.742. The molecule has 16 heavy (non-hydrogen) atoms. The van der Waals surface area contributed by atoms with Gasteiger partial charge in [-0.15, -0.1) is 0 Å². The first kappa shape index (κ1) is 10.5. The van der Waals surface area contributed by atoms with E-state index in [0.29, 0.717) is 5.69 Å². The zero-order valence-corrected chi connectivity index (χ0v) is 9.00. The Morgan fingerprint density at radius 3 is 3.00 bits per heavy atom. The van der Waals surface area contributed by atoms with Crippen molar-refractivity contribution in [3.8, 4) is 0 Å². The van der Waals surface area contributed by atoms with Crippen LogP contribution in [-0.2, 0) is 6.54 Å². The van der Waals surface area contributed by atoms with Crippen molar-refractivity contribution < 1.29 is 0 Å². The van der Waals surface area contributed by atoms with Crippen molar-refractivity contribution >= 4 is 11.5 Å². The molecule has 0 saturated heterocycles. The van der Waals surface area contributed by atoms with E-state index in [4.69, 9.17) is 5.73 Å². The molecule has 0 fully saturated rings. The van der Waals surface area contributed by atoms with Crippen LogP contribution in [0.25, 0.3) is 0 Å². The van der Waals surface area contributed by atoms with Crippen molar-refractivity contribution in [2.45, 2.75) is 13.0 Å². The summed E-state index contributed by atoms with van der Waals surface area (Å²) in [4.78, 5) is 4.15. The van der Waals surface area contributed by atoms with E-state index >= 15 is 0 Å². The number of nitrogens with two attached hydrogens (primary N) is 1. The predicted octanol–water partition coefficient (Wildman–Crippen LogP) is 1.36. The molecule has 5 heteroatoms. The standard InChI is InChI=1S/C11H15N5/c12-10-4-1-5-13-11(10)14-6-2-8-16-9-3-7-15-16/h1,3-5,7,9H,2,6,8,12H2,(H,13,14). The topological polar surface area (TPSA) is 68.8 Å². The summed E-state index contributed by atoms with van der Waals surface area (Å²) < 4.78 is 1.91. The van der Waals surface area contributed by atoms with E-state index in [1.807, 2.05) is 29.1 Å². The minimum atomic E-state index is 0.682. The zero-order chi connectivity index (χ0) is 11.2. The van der Waals surface area contributed by atoms with Crippen LogP contribution in [0, 0.1) is 0 Å². The van der Waals surface area contributed by atoms with E-state index in [9.17, 15) is 0 Å². The highest BCUT2D eigenvalue weighted by Gasteiger charge is 1.97. The number of nitrogens with one attached hydrogen (secondary N) is 1. The van der Waals surface area contributed by atoms with Gasteiger partial charge in [-0.3, -0.25) is 4.68 Å². The number of hydrogen-bond donors (Lipinski definition) is 2. The van der Waals surface area contributed by atoms with E-state index in [-0.39, 0.29) is 0 Å². The third-order valence-electron chi connectivity index (χ3n) is 2.25. The molecule has 3 N–H and O–H groups in total. The second-order valence-electron chi connectivity index (χ2n) is 3.49. The first-order chi connectivity index (χ1) is 7.86. The third kappa shape index (κ3) is 2.73. The summed E-state index contributed by atoms with van der Waals surface area (Å²) in [6.07, 6.45) is 6.45. The summed E-state index contributed by atoms with van der Waals surface area (Å²) in [5.74, 6) is 0.753. The molecule has 2 rings (SSSR count). The van der Waals surface area contributed by atoms with Gasteiger partial charge in [0.05, 0.1) is 5.69 Å². The van der Waals surface area contributed by atoms with E-state index in [1.165, 1.54) is 0 Å². The van der Waals surface area contributed by atoms with Crippen molar-refractivity contribution in [3.63, 3.8) is 0 Å². The molecule has 0 bridgehead atoms. The molecule has 0 amide bonds. The molecule has 0 saturated carbocycles. The Morgan fingerprint density at radius 2 is 2.25 bits per heavy atom. The van der Waals surface area contributed by atoms with Crippen LogP contribution in [-0.4, -0.2) is 21.3 Å². The highest BCUT2D eigenvalue weighted by Crippen LogP contribution is 2.12. The molecule has 5 nitrogen and oxygen atoms in total. The van der Waals surface area contributed by atoms with Gasteiger partial charge >= 0.3 is 0 Å². The summed E-state index contributed by atoms with van der Waals surface area (Å²) in [7, 11) is 0. The number of pyridine rings is 1. The van der Waals surface area contributed by atoms with Crippen LogP contribution < -0.4 is 11.1 Å². The van der Waals surface area contributed by atoms with Crippen LogP contribution >= 0.6 is 0 Å². The Balaban J connectivity index is 1.74. The Kier molecular flexibility index (Phi) is 3.38. The number of aromatic nitrogens is 3. The second kappa shape index (κ2) is 5.16. The predicted molar refractivity (Wildman–Crippen MR) is 64.0 cm³/mol. The van der Waals surface area contributed by atoms with Crippen molar-refractivity contribution in [3.05, 3.63) is 36.8 Å². The fourth-order valence-electron chi connectivity index (χ4n) is 1.45. The maximum atomic E-state index is 5.75. The van der Waals surface area contributed by atoms with Gasteiger partial charge in [-0.25, -0.2) is 4.98 Å². The molecule has 0 unspecified atom stereocenters. The van der Waals surface area contributed by atoms with Gasteiger partial charge in [-0.2, -0.15) is 5.10 Å². The minimum Gasteiger partial charge on any atom is -0.396 e. The average Bonchev–Trinajstić information content (AvgIpc) is 2.79. The number of hydrogen-bond acceptors (Lipinski definition) is 4. The van der Waals surface area contributed by atoms with Crippen LogP contribution in [0.15, 0.2) is 36.8 Å². The molecule has 0 aliphatic rings. The molecule has 0 aliphatic heterocycles. The van der Waals surface area contributed by atoms with Gasteiger partial charge in [0.1, 0.15) is 5.82 Å². The molecule has 0 spiro atoms. The number of nitrogen functional groups attached to an aromatic ring is 1. The molecule has 84 valence electrons. The van der Waals surface area contributed by atoms with Crippen LogP contribution in [0.5, 0.6) is 0 Å². The molecule has 2 aromatic rings. The fourth-order valence-corrected chi connectivity index (χ4v) is 1.45. The van der Waals surface area contributed by atoms with E-state index in [1.54, 1.807) is 12.4 Å². The first-order valence-corrected chi connectivity index (χ1v) is 5.28. The highest BCUT2D eigenvalue weighted by molar-refractivity contribution is 5.60. The Bertz CT molecular complexity index is 424. The Labute approximate surface area is 94.3 Å². The Hall–Kier alpha value is -2.04. The first-order valence-electron chi connectivity index (χ1n) is 5.28. The lowest BCUT2D eigenvalue weighted by Gasteiger charge is -2.07. The van der Waals surface area contributed by atoms with Gasteiger partial charge < -0.3 is 11.1 Å². The van der Waals surface area contributed by atoms with Crippen molar-refractivity contribution in [2.75, 3.05) is 17.6 Å². The van der Waals surface area contributed by atoms with Crippen LogP contribution in [0.4, 0.5) is 11.5 Å². The van der Waals surface area contributed by atoms with Crippen LogP contribution in [0.3, 0.4) is 0 Å². The lowest BCUT2D eigenvalue weighted by molar-refractivity contribution is 0.591. The van der Waals surface area contributed by atoms with Gasteiger partial charge in [0.15, 0.2) is 0 Å². The van der Waals surface area contributed by atoms with Crippen molar-refractivity contribution in [2.24, 2.45) is 0 Å². The average molecular weight is 217 g/mol. The minimum absolute atomic E-state index is 0.682. The third-order valence-corrected chi connectivity index (χ3v) is 2.25. The van der Waals surface area contributed by atoms with E-state index in [2.05, 4.69) is 15.4 Å². The maximum absolute atomic E-state index is 5.75. The SMILES string of the molecule is Nc1cccnc1NCCCn1cccn1. The maximum Gasteiger partial charge on any atom is 0.149 e. The molecule has 2 heterocycles. The lowest BCUT2D eigenvalue weighted by atomic mass is 10.3. The fraction of sp³-hybridized carbons (Fsp3) is 0.273. The zero-order valence-electron chi connectivity index (χ0n) is 9.00. The summed E-state index contributed by atoms with van der Waals surface area (Å²) in [6.45, 7) is 1.73. The summed E-state index contributed by atoms with van der Waals surface area (Å²) >= 11 is 0. The normalized spacial score (nSPS) is 10.2. The number of rotatable bonds is 5. The lowest BCUT2D eigenvalue weighted by Crippen LogP contribution is -2.09. The molecule has 0 radical (unpaired) electrons. The molecular formula is C11H15N5. The largest absolute Gasteiger partial charge is 0.396 e. The molecular weight excluding hydrogens is 202 g/mol. The summed E-state index contributed by atoms with van der Waals surface area (Å²) in [6, 6.07) is 5.58. The van der Waals surface area contributed by atoms with Gasteiger partial charge in [-0.1, -0.05) is 0 Å². The summed E-state index contributed by atoms with van der Waals surface area (Å²) in [5.41, 5.74) is 6.44. The van der Waals surface area contributed by atoms with E-state index in [0.717, 1.165) is 25.3 Å². The number of nitrogens with zero attached hydrogens (tertiary/aromatic N) is 3. The smallest absolute Gasteiger partial charge is 0.149 e. The van der Waals surface area contributed by atoms with Crippen molar-refractivity contribution in [1.82, 2.24) is 14.8 Å². The Morgan fingerprint density at radius 1 is 1.31 bits per heavy atom. The van der Waals surface area contributed by atoms with E-state index < -0.39 is 0 Å². The summed E-state index contributed by atoms with van der Waals surface area (Å²) in [5, 5.41) is 7.33. The van der Waals surface area contributed by atoms with Crippen LogP contribution in [0.1, 0.15) is 6.42 Å². The molecule has 2 aromatic heterocycles. The van der Waals surface area contributed by atoms with Gasteiger partial charge in [0, 0.05) is 31.7 Å². The second-order valence-corrected chi connectivity index (χ2v) is 3.49. The highest BCUT2D eigenvalue weighted by atomic mass is 15.3. The van der Waals surface area contributed by atoms with Crippen molar-refractivity contribution in [1.29, 1.82) is 0 Å². The number of aryl methyl sites for hydroxylation is 1. The van der Waals surface area contributed by atoms with Gasteiger partial charge in [0.25, 0.3) is 0 Å². The van der Waals surface area contributed by atoms with Gasteiger partial charge in [0.2, 0.25) is 0 Å². The monoisotopic (exact) mass is 217 g/mol. The molecule has 0 aromatic carbocycles. The number of anilines is 2. The molecule has 0 aliphatic carbocycles.